The van der Waals surface area contributed by atoms with Crippen molar-refractivity contribution in [3.8, 4) is 6.07 Å². The molecule has 0 saturated heterocycles. The molecule has 4 nitrogen and oxygen atoms in total. The molecule has 0 aromatic carbocycles. The molecule has 0 amide bonds. The zero-order valence-electron chi connectivity index (χ0n) is 7.99. The van der Waals surface area contributed by atoms with E-state index in [2.05, 4.69) is 0 Å². The number of carbonyl (C=O) groups excluding carboxylic acids is 1. The first-order valence-corrected chi connectivity index (χ1v) is 4.66. The molecule has 0 spiro atoms. The number of allylic oxidation sites excluding steroid dienone is 2. The summed E-state index contributed by atoms with van der Waals surface area (Å²) >= 11 is 0. The van der Waals surface area contributed by atoms with Gasteiger partial charge < -0.3 is 9.52 Å². The summed E-state index contributed by atoms with van der Waals surface area (Å²) < 4.78 is 4.91. The summed E-state index contributed by atoms with van der Waals surface area (Å²) in [5.74, 6) is 0.143. The van der Waals surface area contributed by atoms with Crippen molar-refractivity contribution in [2.75, 3.05) is 0 Å². The first-order valence-electron chi connectivity index (χ1n) is 4.66. The lowest BCUT2D eigenvalue weighted by atomic mass is 9.92. The van der Waals surface area contributed by atoms with E-state index in [4.69, 9.17) is 9.68 Å². The second kappa shape index (κ2) is 3.62. The largest absolute Gasteiger partial charge is 0.512 e. The second-order valence-electron chi connectivity index (χ2n) is 3.41. The van der Waals surface area contributed by atoms with Gasteiger partial charge in [-0.25, -0.2) is 0 Å². The van der Waals surface area contributed by atoms with Crippen molar-refractivity contribution in [2.24, 2.45) is 0 Å². The first kappa shape index (κ1) is 9.53. The average molecular weight is 203 g/mol. The molecule has 0 atom stereocenters. The standard InChI is InChI=1S/C11H9NO3/c12-5-8-4-7(6-15-8)11-9(13)2-1-3-10(11)14/h4,6,13H,1-3H2. The number of nitrogens with zero attached hydrogens (tertiary/aromatic N) is 1. The van der Waals surface area contributed by atoms with Gasteiger partial charge in [0.25, 0.3) is 0 Å². The first-order chi connectivity index (χ1) is 7.22. The predicted molar refractivity (Wildman–Crippen MR) is 51.8 cm³/mol. The molecular weight excluding hydrogens is 194 g/mol. The molecule has 1 aliphatic carbocycles. The maximum absolute atomic E-state index is 11.6. The molecule has 0 saturated carbocycles. The molecule has 1 N–H and O–H groups in total. The summed E-state index contributed by atoms with van der Waals surface area (Å²) in [6.07, 6.45) is 2.95. The van der Waals surface area contributed by atoms with Crippen LogP contribution in [0.3, 0.4) is 0 Å². The minimum Gasteiger partial charge on any atom is -0.512 e. The van der Waals surface area contributed by atoms with Gasteiger partial charge in [0.05, 0.1) is 5.57 Å². The zero-order valence-corrected chi connectivity index (χ0v) is 7.99. The van der Waals surface area contributed by atoms with Crippen LogP contribution in [0.4, 0.5) is 0 Å². The molecule has 15 heavy (non-hydrogen) atoms. The van der Waals surface area contributed by atoms with Crippen LogP contribution in [-0.4, -0.2) is 10.9 Å². The number of furan rings is 1. The summed E-state index contributed by atoms with van der Waals surface area (Å²) in [6, 6.07) is 3.30. The Labute approximate surface area is 86.4 Å². The van der Waals surface area contributed by atoms with Crippen LogP contribution in [0, 0.1) is 11.3 Å². The normalized spacial score (nSPS) is 16.6. The number of ketones is 1. The molecule has 1 aromatic rings. The molecule has 0 bridgehead atoms. The van der Waals surface area contributed by atoms with Crippen LogP contribution in [0.5, 0.6) is 0 Å². The highest BCUT2D eigenvalue weighted by Crippen LogP contribution is 2.29. The van der Waals surface area contributed by atoms with E-state index in [-0.39, 0.29) is 17.3 Å². The third kappa shape index (κ3) is 1.64. The molecule has 0 unspecified atom stereocenters. The molecule has 0 aliphatic heterocycles. The van der Waals surface area contributed by atoms with Crippen LogP contribution in [-0.2, 0) is 4.79 Å². The molecule has 1 heterocycles. The minimum absolute atomic E-state index is 0.0935. The Morgan fingerprint density at radius 1 is 1.47 bits per heavy atom. The van der Waals surface area contributed by atoms with Crippen molar-refractivity contribution >= 4 is 11.4 Å². The number of aliphatic hydroxyl groups excluding tert-OH is 1. The van der Waals surface area contributed by atoms with Crippen molar-refractivity contribution in [1.29, 1.82) is 5.26 Å². The van der Waals surface area contributed by atoms with Gasteiger partial charge in [-0.15, -0.1) is 0 Å². The number of hydrogen-bond acceptors (Lipinski definition) is 4. The zero-order chi connectivity index (χ0) is 10.8. The summed E-state index contributed by atoms with van der Waals surface area (Å²) in [4.78, 5) is 11.6. The minimum atomic E-state index is -0.0935. The Hall–Kier alpha value is -2.02. The maximum Gasteiger partial charge on any atom is 0.203 e. The second-order valence-corrected chi connectivity index (χ2v) is 3.41. The van der Waals surface area contributed by atoms with E-state index in [0.29, 0.717) is 30.4 Å². The van der Waals surface area contributed by atoms with Crippen LogP contribution in [0.2, 0.25) is 0 Å². The Morgan fingerprint density at radius 3 is 2.87 bits per heavy atom. The van der Waals surface area contributed by atoms with E-state index in [1.165, 1.54) is 12.3 Å². The van der Waals surface area contributed by atoms with Gasteiger partial charge in [-0.3, -0.25) is 4.79 Å². The van der Waals surface area contributed by atoms with Gasteiger partial charge >= 0.3 is 0 Å². The van der Waals surface area contributed by atoms with Crippen LogP contribution in [0.1, 0.15) is 30.6 Å². The van der Waals surface area contributed by atoms with Gasteiger partial charge in [-0.2, -0.15) is 5.26 Å². The highest BCUT2D eigenvalue weighted by atomic mass is 16.3. The van der Waals surface area contributed by atoms with Gasteiger partial charge in [0.2, 0.25) is 5.76 Å². The number of hydrogen-bond donors (Lipinski definition) is 1. The van der Waals surface area contributed by atoms with Crippen molar-refractivity contribution in [1.82, 2.24) is 0 Å². The summed E-state index contributed by atoms with van der Waals surface area (Å²) in [6.45, 7) is 0. The molecule has 0 fully saturated rings. The lowest BCUT2D eigenvalue weighted by Gasteiger charge is -2.13. The number of nitriles is 1. The molecule has 1 aliphatic rings. The van der Waals surface area contributed by atoms with Crippen molar-refractivity contribution < 1.29 is 14.3 Å². The molecular formula is C11H9NO3. The lowest BCUT2D eigenvalue weighted by Crippen LogP contribution is -2.09. The van der Waals surface area contributed by atoms with Crippen LogP contribution < -0.4 is 0 Å². The number of rotatable bonds is 1. The average Bonchev–Trinajstić information content (AvgIpc) is 2.66. The Morgan fingerprint density at radius 2 is 2.27 bits per heavy atom. The van der Waals surface area contributed by atoms with Crippen LogP contribution in [0.15, 0.2) is 22.5 Å². The quantitative estimate of drug-likeness (QED) is 0.759. The number of Topliss-reactive ketones (excluding diaryl/α,β-unsaturated/α-hetero) is 1. The maximum atomic E-state index is 11.6. The third-order valence-electron chi connectivity index (χ3n) is 2.38. The van der Waals surface area contributed by atoms with Gasteiger partial charge in [-0.05, 0) is 6.42 Å². The van der Waals surface area contributed by atoms with E-state index in [9.17, 15) is 9.90 Å². The van der Waals surface area contributed by atoms with Crippen LogP contribution >= 0.6 is 0 Å². The third-order valence-corrected chi connectivity index (χ3v) is 2.38. The van der Waals surface area contributed by atoms with E-state index >= 15 is 0 Å². The SMILES string of the molecule is N#Cc1cc(C2=C(O)CCCC2=O)co1. The monoisotopic (exact) mass is 203 g/mol. The van der Waals surface area contributed by atoms with Gasteiger partial charge in [0.15, 0.2) is 5.78 Å². The Kier molecular flexibility index (Phi) is 2.30. The van der Waals surface area contributed by atoms with Crippen molar-refractivity contribution in [2.45, 2.75) is 19.3 Å². The Bertz CT molecular complexity index is 476. The topological polar surface area (TPSA) is 74.2 Å². The van der Waals surface area contributed by atoms with Gasteiger partial charge in [-0.1, -0.05) is 0 Å². The lowest BCUT2D eigenvalue weighted by molar-refractivity contribution is -0.114. The molecule has 2 rings (SSSR count). The predicted octanol–water partition coefficient (Wildman–Crippen LogP) is 2.17. The van der Waals surface area contributed by atoms with E-state index in [1.807, 2.05) is 6.07 Å². The fourth-order valence-corrected chi connectivity index (χ4v) is 1.68. The molecule has 0 radical (unpaired) electrons. The highest BCUT2D eigenvalue weighted by molar-refractivity contribution is 6.21. The van der Waals surface area contributed by atoms with Crippen molar-refractivity contribution in [3.05, 3.63) is 29.4 Å². The van der Waals surface area contributed by atoms with E-state index in [1.54, 1.807) is 0 Å². The van der Waals surface area contributed by atoms with Crippen LogP contribution in [0.25, 0.3) is 5.57 Å². The Balaban J connectivity index is 2.45. The summed E-state index contributed by atoms with van der Waals surface area (Å²) in [5, 5.41) is 18.2. The van der Waals surface area contributed by atoms with Gasteiger partial charge in [0.1, 0.15) is 18.1 Å². The number of carbonyl (C=O) groups is 1. The summed E-state index contributed by atoms with van der Waals surface area (Å²) in [7, 11) is 0. The fourth-order valence-electron chi connectivity index (χ4n) is 1.68. The van der Waals surface area contributed by atoms with Crippen molar-refractivity contribution in [3.63, 3.8) is 0 Å². The fraction of sp³-hybridized carbons (Fsp3) is 0.273. The number of aliphatic hydroxyl groups is 1. The van der Waals surface area contributed by atoms with E-state index < -0.39 is 0 Å². The van der Waals surface area contributed by atoms with E-state index in [0.717, 1.165) is 0 Å². The highest BCUT2D eigenvalue weighted by Gasteiger charge is 2.23. The van der Waals surface area contributed by atoms with Gasteiger partial charge in [0, 0.05) is 24.5 Å². The smallest absolute Gasteiger partial charge is 0.203 e. The molecule has 4 heteroatoms. The molecule has 76 valence electrons. The summed E-state index contributed by atoms with van der Waals surface area (Å²) in [5.41, 5.74) is 0.792. The molecule has 1 aromatic heterocycles.